The molecule has 16 heavy (non-hydrogen) atoms. The molecular weight excluding hydrogens is 206 g/mol. The molecule has 0 aromatic heterocycles. The lowest BCUT2D eigenvalue weighted by atomic mass is 9.93. The third-order valence-electron chi connectivity index (χ3n) is 2.87. The van der Waals surface area contributed by atoms with Crippen LogP contribution in [-0.2, 0) is 9.53 Å². The predicted molar refractivity (Wildman–Crippen MR) is 62.4 cm³/mol. The van der Waals surface area contributed by atoms with Gasteiger partial charge in [0.25, 0.3) is 0 Å². The van der Waals surface area contributed by atoms with Gasteiger partial charge in [-0.2, -0.15) is 0 Å². The zero-order chi connectivity index (χ0) is 12.2. The molecule has 1 aliphatic heterocycles. The van der Waals surface area contributed by atoms with Gasteiger partial charge in [-0.1, -0.05) is 20.8 Å². The van der Waals surface area contributed by atoms with Crippen LogP contribution in [0.2, 0.25) is 0 Å². The van der Waals surface area contributed by atoms with E-state index in [0.717, 1.165) is 13.0 Å². The van der Waals surface area contributed by atoms with Gasteiger partial charge in [0, 0.05) is 19.7 Å². The molecule has 1 aliphatic rings. The molecule has 1 saturated heterocycles. The van der Waals surface area contributed by atoms with Crippen LogP contribution < -0.4 is 5.32 Å². The van der Waals surface area contributed by atoms with E-state index in [1.54, 1.807) is 0 Å². The van der Waals surface area contributed by atoms with Crippen molar-refractivity contribution < 1.29 is 14.6 Å². The van der Waals surface area contributed by atoms with E-state index in [2.05, 4.69) is 26.1 Å². The molecule has 2 atom stereocenters. The Labute approximate surface area is 97.4 Å². The van der Waals surface area contributed by atoms with Crippen LogP contribution in [0.25, 0.3) is 0 Å². The second-order valence-electron chi connectivity index (χ2n) is 5.73. The van der Waals surface area contributed by atoms with E-state index in [1.807, 2.05) is 0 Å². The number of hydrogen-bond donors (Lipinski definition) is 2. The molecule has 2 unspecified atom stereocenters. The van der Waals surface area contributed by atoms with Crippen LogP contribution in [0.3, 0.4) is 0 Å². The molecule has 1 fully saturated rings. The number of ether oxygens (including phenoxy) is 1. The average molecular weight is 229 g/mol. The third kappa shape index (κ3) is 4.94. The molecule has 0 aromatic rings. The highest BCUT2D eigenvalue weighted by molar-refractivity contribution is 5.70. The lowest BCUT2D eigenvalue weighted by Gasteiger charge is -2.28. The third-order valence-corrected chi connectivity index (χ3v) is 2.87. The van der Waals surface area contributed by atoms with Crippen LogP contribution in [-0.4, -0.2) is 36.9 Å². The molecule has 0 radical (unpaired) electrons. The van der Waals surface area contributed by atoms with Crippen molar-refractivity contribution in [3.8, 4) is 0 Å². The first-order valence-electron chi connectivity index (χ1n) is 5.93. The van der Waals surface area contributed by atoms with E-state index in [0.29, 0.717) is 19.6 Å². The fourth-order valence-electron chi connectivity index (χ4n) is 1.75. The number of hydrogen-bond acceptors (Lipinski definition) is 3. The van der Waals surface area contributed by atoms with Gasteiger partial charge in [-0.15, -0.1) is 0 Å². The highest BCUT2D eigenvalue weighted by Gasteiger charge is 2.27. The summed E-state index contributed by atoms with van der Waals surface area (Å²) < 4.78 is 5.71. The second kappa shape index (κ2) is 5.64. The van der Waals surface area contributed by atoms with Gasteiger partial charge >= 0.3 is 5.97 Å². The van der Waals surface area contributed by atoms with Crippen molar-refractivity contribution in [2.45, 2.75) is 39.7 Å². The van der Waals surface area contributed by atoms with Crippen molar-refractivity contribution in [1.29, 1.82) is 0 Å². The number of carboxylic acid groups (broad SMARTS) is 1. The topological polar surface area (TPSA) is 58.6 Å². The summed E-state index contributed by atoms with van der Waals surface area (Å²) in [5, 5.41) is 12.0. The standard InChI is InChI=1S/C12H23NO3/c1-12(2,3)4-5-16-10-6-9(11(14)15)7-13-8-10/h9-10,13H,4-8H2,1-3H3,(H,14,15). The summed E-state index contributed by atoms with van der Waals surface area (Å²) in [5.41, 5.74) is 0.272. The van der Waals surface area contributed by atoms with Crippen LogP contribution >= 0.6 is 0 Å². The van der Waals surface area contributed by atoms with Crippen molar-refractivity contribution in [3.05, 3.63) is 0 Å². The Hall–Kier alpha value is -0.610. The first-order chi connectivity index (χ1) is 7.38. The van der Waals surface area contributed by atoms with Crippen molar-refractivity contribution in [3.63, 3.8) is 0 Å². The molecule has 0 bridgehead atoms. The second-order valence-corrected chi connectivity index (χ2v) is 5.73. The lowest BCUT2D eigenvalue weighted by molar-refractivity contribution is -0.144. The summed E-state index contributed by atoms with van der Waals surface area (Å²) in [6.07, 6.45) is 1.69. The first-order valence-corrected chi connectivity index (χ1v) is 5.93. The Morgan fingerprint density at radius 3 is 2.69 bits per heavy atom. The quantitative estimate of drug-likeness (QED) is 0.767. The fourth-order valence-corrected chi connectivity index (χ4v) is 1.75. The van der Waals surface area contributed by atoms with Gasteiger partial charge in [0.2, 0.25) is 0 Å². The number of piperidine rings is 1. The lowest BCUT2D eigenvalue weighted by Crippen LogP contribution is -2.43. The molecule has 94 valence electrons. The van der Waals surface area contributed by atoms with Gasteiger partial charge in [0.15, 0.2) is 0 Å². The van der Waals surface area contributed by atoms with E-state index >= 15 is 0 Å². The molecule has 1 rings (SSSR count). The van der Waals surface area contributed by atoms with Crippen LogP contribution in [0.1, 0.15) is 33.6 Å². The monoisotopic (exact) mass is 229 g/mol. The Balaban J connectivity index is 2.24. The highest BCUT2D eigenvalue weighted by Crippen LogP contribution is 2.20. The first kappa shape index (κ1) is 13.5. The van der Waals surface area contributed by atoms with Gasteiger partial charge in [-0.25, -0.2) is 0 Å². The van der Waals surface area contributed by atoms with Gasteiger partial charge < -0.3 is 15.2 Å². The summed E-state index contributed by atoms with van der Waals surface area (Å²) in [7, 11) is 0. The molecule has 0 spiro atoms. The van der Waals surface area contributed by atoms with E-state index in [-0.39, 0.29) is 17.4 Å². The van der Waals surface area contributed by atoms with E-state index in [1.165, 1.54) is 0 Å². The molecule has 4 nitrogen and oxygen atoms in total. The maximum Gasteiger partial charge on any atom is 0.307 e. The number of carboxylic acids is 1. The van der Waals surface area contributed by atoms with Crippen LogP contribution in [0.5, 0.6) is 0 Å². The summed E-state index contributed by atoms with van der Waals surface area (Å²) in [5.74, 6) is -1.02. The summed E-state index contributed by atoms with van der Waals surface area (Å²) in [6, 6.07) is 0. The number of nitrogens with one attached hydrogen (secondary N) is 1. The molecule has 0 aliphatic carbocycles. The SMILES string of the molecule is CC(C)(C)CCOC1CNCC(C(=O)O)C1. The Bertz CT molecular complexity index is 235. The minimum absolute atomic E-state index is 0.0530. The highest BCUT2D eigenvalue weighted by atomic mass is 16.5. The molecular formula is C12H23NO3. The normalized spacial score (nSPS) is 26.7. The summed E-state index contributed by atoms with van der Waals surface area (Å²) in [4.78, 5) is 10.8. The van der Waals surface area contributed by atoms with Crippen LogP contribution in [0.4, 0.5) is 0 Å². The molecule has 0 aromatic carbocycles. The van der Waals surface area contributed by atoms with Crippen molar-refractivity contribution >= 4 is 5.97 Å². The molecule has 2 N–H and O–H groups in total. The van der Waals surface area contributed by atoms with Gasteiger partial charge in [-0.05, 0) is 18.3 Å². The molecule has 4 heteroatoms. The predicted octanol–water partition coefficient (Wildman–Crippen LogP) is 1.50. The molecule has 1 heterocycles. The number of rotatable bonds is 4. The maximum atomic E-state index is 10.8. The molecule has 0 amide bonds. The number of aliphatic carboxylic acids is 1. The minimum atomic E-state index is -0.725. The maximum absolute atomic E-state index is 10.8. The average Bonchev–Trinajstić information content (AvgIpc) is 2.16. The van der Waals surface area contributed by atoms with E-state index in [4.69, 9.17) is 9.84 Å². The van der Waals surface area contributed by atoms with E-state index in [9.17, 15) is 4.79 Å². The Kier molecular flexibility index (Phi) is 4.74. The van der Waals surface area contributed by atoms with Gasteiger partial charge in [-0.3, -0.25) is 4.79 Å². The fraction of sp³-hybridized carbons (Fsp3) is 0.917. The van der Waals surface area contributed by atoms with Gasteiger partial charge in [0.05, 0.1) is 12.0 Å². The van der Waals surface area contributed by atoms with Crippen molar-refractivity contribution in [1.82, 2.24) is 5.32 Å². The van der Waals surface area contributed by atoms with Crippen molar-refractivity contribution in [2.75, 3.05) is 19.7 Å². The largest absolute Gasteiger partial charge is 0.481 e. The van der Waals surface area contributed by atoms with Crippen LogP contribution in [0, 0.1) is 11.3 Å². The summed E-state index contributed by atoms with van der Waals surface area (Å²) in [6.45, 7) is 8.57. The molecule has 0 saturated carbocycles. The van der Waals surface area contributed by atoms with E-state index < -0.39 is 5.97 Å². The Morgan fingerprint density at radius 2 is 2.12 bits per heavy atom. The van der Waals surface area contributed by atoms with Crippen molar-refractivity contribution in [2.24, 2.45) is 11.3 Å². The Morgan fingerprint density at radius 1 is 1.44 bits per heavy atom. The summed E-state index contributed by atoms with van der Waals surface area (Å²) >= 11 is 0. The zero-order valence-corrected chi connectivity index (χ0v) is 10.5. The van der Waals surface area contributed by atoms with Gasteiger partial charge in [0.1, 0.15) is 0 Å². The number of carbonyl (C=O) groups is 1. The zero-order valence-electron chi connectivity index (χ0n) is 10.5. The van der Waals surface area contributed by atoms with Crippen LogP contribution in [0.15, 0.2) is 0 Å². The smallest absolute Gasteiger partial charge is 0.307 e. The minimum Gasteiger partial charge on any atom is -0.481 e.